The third kappa shape index (κ3) is 5.02. The molecule has 0 radical (unpaired) electrons. The lowest BCUT2D eigenvalue weighted by molar-refractivity contribution is -0.274. The van der Waals surface area contributed by atoms with Crippen LogP contribution in [0.25, 0.3) is 22.7 Å². The number of hydrogen-bond acceptors (Lipinski definition) is 6. The van der Waals surface area contributed by atoms with Crippen LogP contribution in [-0.4, -0.2) is 41.6 Å². The molecule has 1 N–H and O–H groups in total. The molecule has 4 aromatic heterocycles. The van der Waals surface area contributed by atoms with Crippen molar-refractivity contribution in [1.82, 2.24) is 29.4 Å². The van der Waals surface area contributed by atoms with Gasteiger partial charge in [-0.1, -0.05) is 18.2 Å². The van der Waals surface area contributed by atoms with Crippen molar-refractivity contribution < 1.29 is 22.7 Å². The maximum absolute atomic E-state index is 12.8. The Morgan fingerprint density at radius 1 is 1.08 bits per heavy atom. The molecule has 4 heterocycles. The van der Waals surface area contributed by atoms with Gasteiger partial charge < -0.3 is 10.1 Å². The van der Waals surface area contributed by atoms with Crippen LogP contribution in [0.15, 0.2) is 73.2 Å². The molecule has 5 aromatic rings. The van der Waals surface area contributed by atoms with E-state index in [2.05, 4.69) is 30.2 Å². The molecule has 0 atom stereocenters. The van der Waals surface area contributed by atoms with Crippen molar-refractivity contribution in [2.24, 2.45) is 0 Å². The number of para-hydroxylation sites is 2. The Labute approximate surface area is 202 Å². The molecule has 36 heavy (non-hydrogen) atoms. The van der Waals surface area contributed by atoms with Crippen LogP contribution in [0.5, 0.6) is 5.75 Å². The van der Waals surface area contributed by atoms with Crippen molar-refractivity contribution in [2.75, 3.05) is 5.32 Å². The standard InChI is InChI=1S/C24H18F3N7O2/c1-15-5-4-8-22(30-15)34-19(16-9-10-21-28-14-29-33(21)13-16)11-17(32-34)12-23(35)31-18-6-2-3-7-20(18)36-24(25,26)27/h2-11,13-14H,12H2,1H3,(H,31,35). The van der Waals surface area contributed by atoms with Crippen molar-refractivity contribution in [2.45, 2.75) is 19.7 Å². The molecule has 1 amide bonds. The fourth-order valence-electron chi connectivity index (χ4n) is 3.65. The van der Waals surface area contributed by atoms with Crippen LogP contribution in [-0.2, 0) is 11.2 Å². The number of benzene rings is 1. The number of amides is 1. The Bertz CT molecular complexity index is 1560. The Kier molecular flexibility index (Phi) is 5.84. The van der Waals surface area contributed by atoms with Crippen molar-refractivity contribution in [3.63, 3.8) is 0 Å². The predicted octanol–water partition coefficient (Wildman–Crippen LogP) is 4.37. The van der Waals surface area contributed by atoms with Gasteiger partial charge in [0.25, 0.3) is 0 Å². The molecular formula is C24H18F3N7O2. The summed E-state index contributed by atoms with van der Waals surface area (Å²) >= 11 is 0. The number of nitrogens with one attached hydrogen (secondary N) is 1. The molecular weight excluding hydrogens is 475 g/mol. The maximum Gasteiger partial charge on any atom is 0.573 e. The minimum Gasteiger partial charge on any atom is -0.404 e. The first-order chi connectivity index (χ1) is 17.2. The number of carbonyl (C=O) groups is 1. The van der Waals surface area contributed by atoms with Crippen molar-refractivity contribution >= 4 is 17.2 Å². The Morgan fingerprint density at radius 2 is 1.92 bits per heavy atom. The molecule has 1 aromatic carbocycles. The fourth-order valence-corrected chi connectivity index (χ4v) is 3.65. The number of halogens is 3. The smallest absolute Gasteiger partial charge is 0.404 e. The molecule has 0 bridgehead atoms. The highest BCUT2D eigenvalue weighted by atomic mass is 19.4. The molecule has 0 aliphatic heterocycles. The highest BCUT2D eigenvalue weighted by Crippen LogP contribution is 2.30. The number of rotatable bonds is 6. The number of pyridine rings is 2. The van der Waals surface area contributed by atoms with Gasteiger partial charge in [0.1, 0.15) is 6.33 Å². The number of hydrogen-bond donors (Lipinski definition) is 1. The van der Waals surface area contributed by atoms with E-state index >= 15 is 0 Å². The molecule has 0 fully saturated rings. The van der Waals surface area contributed by atoms with Gasteiger partial charge in [0.05, 0.1) is 23.5 Å². The summed E-state index contributed by atoms with van der Waals surface area (Å²) in [6, 6.07) is 16.2. The zero-order valence-corrected chi connectivity index (χ0v) is 18.8. The summed E-state index contributed by atoms with van der Waals surface area (Å²) < 4.78 is 45.4. The third-order valence-electron chi connectivity index (χ3n) is 5.15. The second-order valence-corrected chi connectivity index (χ2v) is 7.82. The average molecular weight is 493 g/mol. The number of aromatic nitrogens is 6. The summed E-state index contributed by atoms with van der Waals surface area (Å²) in [6.45, 7) is 1.85. The summed E-state index contributed by atoms with van der Waals surface area (Å²) in [5.74, 6) is -0.526. The number of ether oxygens (including phenoxy) is 1. The molecule has 0 unspecified atom stereocenters. The number of carbonyl (C=O) groups excluding carboxylic acids is 1. The molecule has 0 aliphatic carbocycles. The van der Waals surface area contributed by atoms with Gasteiger partial charge in [-0.25, -0.2) is 19.2 Å². The average Bonchev–Trinajstić information content (AvgIpc) is 3.46. The molecule has 0 aliphatic rings. The number of aryl methyl sites for hydroxylation is 1. The zero-order chi connectivity index (χ0) is 25.3. The topological polar surface area (TPSA) is 99.2 Å². The monoisotopic (exact) mass is 493 g/mol. The van der Waals surface area contributed by atoms with Gasteiger partial charge in [-0.3, -0.25) is 4.79 Å². The lowest BCUT2D eigenvalue weighted by Gasteiger charge is -2.13. The van der Waals surface area contributed by atoms with Crippen LogP contribution in [0, 0.1) is 6.92 Å². The summed E-state index contributed by atoms with van der Waals surface area (Å²) in [5.41, 5.74) is 3.13. The molecule has 12 heteroatoms. The van der Waals surface area contributed by atoms with E-state index in [0.29, 0.717) is 22.9 Å². The van der Waals surface area contributed by atoms with E-state index in [4.69, 9.17) is 0 Å². The van der Waals surface area contributed by atoms with Crippen LogP contribution in [0.3, 0.4) is 0 Å². The van der Waals surface area contributed by atoms with E-state index in [9.17, 15) is 18.0 Å². The Hall–Kier alpha value is -4.74. The van der Waals surface area contributed by atoms with E-state index in [1.165, 1.54) is 24.5 Å². The van der Waals surface area contributed by atoms with Gasteiger partial charge in [0.15, 0.2) is 17.2 Å². The highest BCUT2D eigenvalue weighted by molar-refractivity contribution is 5.93. The number of anilines is 1. The van der Waals surface area contributed by atoms with Crippen LogP contribution < -0.4 is 10.1 Å². The lowest BCUT2D eigenvalue weighted by Crippen LogP contribution is -2.20. The maximum atomic E-state index is 12.8. The van der Waals surface area contributed by atoms with Crippen molar-refractivity contribution in [3.8, 4) is 22.8 Å². The minimum atomic E-state index is -4.89. The largest absolute Gasteiger partial charge is 0.573 e. The molecule has 182 valence electrons. The van der Waals surface area contributed by atoms with Gasteiger partial charge >= 0.3 is 6.36 Å². The first-order valence-corrected chi connectivity index (χ1v) is 10.7. The van der Waals surface area contributed by atoms with Gasteiger partial charge in [-0.15, -0.1) is 13.2 Å². The Balaban J connectivity index is 1.46. The van der Waals surface area contributed by atoms with Gasteiger partial charge in [-0.2, -0.15) is 10.2 Å². The predicted molar refractivity (Wildman–Crippen MR) is 124 cm³/mol. The fraction of sp³-hybridized carbons (Fsp3) is 0.125. The number of alkyl halides is 3. The first kappa shape index (κ1) is 23.0. The normalized spacial score (nSPS) is 11.6. The Morgan fingerprint density at radius 3 is 2.72 bits per heavy atom. The number of nitrogens with zero attached hydrogens (tertiary/aromatic N) is 6. The van der Waals surface area contributed by atoms with E-state index in [-0.39, 0.29) is 12.1 Å². The summed E-state index contributed by atoms with van der Waals surface area (Å²) in [7, 11) is 0. The summed E-state index contributed by atoms with van der Waals surface area (Å²) in [5, 5.41) is 11.2. The van der Waals surface area contributed by atoms with Crippen LogP contribution in [0.2, 0.25) is 0 Å². The van der Waals surface area contributed by atoms with Crippen molar-refractivity contribution in [1.29, 1.82) is 0 Å². The lowest BCUT2D eigenvalue weighted by atomic mass is 10.1. The van der Waals surface area contributed by atoms with Crippen molar-refractivity contribution in [3.05, 3.63) is 84.6 Å². The van der Waals surface area contributed by atoms with E-state index < -0.39 is 18.0 Å². The second-order valence-electron chi connectivity index (χ2n) is 7.82. The van der Waals surface area contributed by atoms with E-state index in [0.717, 1.165) is 17.3 Å². The van der Waals surface area contributed by atoms with E-state index in [1.54, 1.807) is 33.6 Å². The van der Waals surface area contributed by atoms with Crippen LogP contribution in [0.1, 0.15) is 11.4 Å². The molecule has 0 saturated carbocycles. The summed E-state index contributed by atoms with van der Waals surface area (Å²) in [6.07, 6.45) is -1.87. The van der Waals surface area contributed by atoms with Crippen LogP contribution in [0.4, 0.5) is 18.9 Å². The van der Waals surface area contributed by atoms with Gasteiger partial charge in [0.2, 0.25) is 5.91 Å². The highest BCUT2D eigenvalue weighted by Gasteiger charge is 2.32. The molecule has 9 nitrogen and oxygen atoms in total. The minimum absolute atomic E-state index is 0.100. The third-order valence-corrected chi connectivity index (χ3v) is 5.15. The summed E-state index contributed by atoms with van der Waals surface area (Å²) in [4.78, 5) is 21.4. The van der Waals surface area contributed by atoms with Gasteiger partial charge in [-0.05, 0) is 49.4 Å². The quantitative estimate of drug-likeness (QED) is 0.377. The zero-order valence-electron chi connectivity index (χ0n) is 18.8. The molecule has 0 saturated heterocycles. The second kappa shape index (κ2) is 9.13. The van der Waals surface area contributed by atoms with E-state index in [1.807, 2.05) is 25.1 Å². The first-order valence-electron chi connectivity index (χ1n) is 10.7. The SMILES string of the molecule is Cc1cccc(-n2nc(CC(=O)Nc3ccccc3OC(F)(F)F)cc2-c2ccc3ncnn3c2)n1. The number of fused-ring (bicyclic) bond motifs is 1. The van der Waals surface area contributed by atoms with Gasteiger partial charge in [0, 0.05) is 17.5 Å². The molecule has 0 spiro atoms. The van der Waals surface area contributed by atoms with Crippen LogP contribution >= 0.6 is 0 Å². The molecule has 5 rings (SSSR count).